The Morgan fingerprint density at radius 3 is 2.50 bits per heavy atom. The van der Waals surface area contributed by atoms with Gasteiger partial charge in [0.1, 0.15) is 22.2 Å². The normalized spacial score (nSPS) is 10.8. The summed E-state index contributed by atoms with van der Waals surface area (Å²) < 4.78 is 22.2. The van der Waals surface area contributed by atoms with E-state index in [-0.39, 0.29) is 0 Å². The summed E-state index contributed by atoms with van der Waals surface area (Å²) in [5.41, 5.74) is -1.59. The maximum atomic E-state index is 13.5. The van der Waals surface area contributed by atoms with Crippen molar-refractivity contribution in [3.63, 3.8) is 0 Å². The lowest BCUT2D eigenvalue weighted by atomic mass is 10.2. The fourth-order valence-electron chi connectivity index (χ4n) is 1.38. The number of hydrogen-bond acceptors (Lipinski definition) is 7. The third-order valence-electron chi connectivity index (χ3n) is 2.40. The first-order valence-corrected chi connectivity index (χ1v) is 5.97. The molecule has 0 aliphatic heterocycles. The van der Waals surface area contributed by atoms with Crippen molar-refractivity contribution < 1.29 is 28.4 Å². The molecule has 1 aromatic rings. The standard InChI is InChI=1S/C12H10ClFN2O6/c1-21-9(17)5-7(12(18)22-2)15-11-8(16(19)20)4-3-6(14)10(11)13/h3-5,15H,1-2H3/b7-5+. The molecule has 0 heterocycles. The van der Waals surface area contributed by atoms with Gasteiger partial charge in [-0.2, -0.15) is 0 Å². The van der Waals surface area contributed by atoms with E-state index >= 15 is 0 Å². The van der Waals surface area contributed by atoms with Crippen LogP contribution in [0.25, 0.3) is 0 Å². The van der Waals surface area contributed by atoms with Crippen molar-refractivity contribution in [2.45, 2.75) is 0 Å². The van der Waals surface area contributed by atoms with Crippen molar-refractivity contribution >= 4 is 34.9 Å². The van der Waals surface area contributed by atoms with Gasteiger partial charge in [-0.3, -0.25) is 10.1 Å². The van der Waals surface area contributed by atoms with Gasteiger partial charge in [-0.1, -0.05) is 11.6 Å². The SMILES string of the molecule is COC(=O)/C=C(/Nc1c([N+](=O)[O-])ccc(F)c1Cl)C(=O)OC. The number of anilines is 1. The van der Waals surface area contributed by atoms with Crippen molar-refractivity contribution in [2.75, 3.05) is 19.5 Å². The Morgan fingerprint density at radius 1 is 1.36 bits per heavy atom. The van der Waals surface area contributed by atoms with E-state index in [1.54, 1.807) is 0 Å². The van der Waals surface area contributed by atoms with Gasteiger partial charge in [0, 0.05) is 6.07 Å². The van der Waals surface area contributed by atoms with E-state index in [0.29, 0.717) is 6.08 Å². The maximum Gasteiger partial charge on any atom is 0.354 e. The number of nitrogens with zero attached hydrogens (tertiary/aromatic N) is 1. The zero-order valence-electron chi connectivity index (χ0n) is 11.4. The summed E-state index contributed by atoms with van der Waals surface area (Å²) in [4.78, 5) is 32.9. The molecule has 0 spiro atoms. The predicted octanol–water partition coefficient (Wildman–Crippen LogP) is 2.03. The number of benzene rings is 1. The number of rotatable bonds is 5. The predicted molar refractivity (Wildman–Crippen MR) is 73.8 cm³/mol. The molecule has 0 aromatic heterocycles. The largest absolute Gasteiger partial charge is 0.466 e. The van der Waals surface area contributed by atoms with Crippen LogP contribution in [-0.2, 0) is 19.1 Å². The first-order chi connectivity index (χ1) is 10.3. The molecule has 0 fully saturated rings. The molecule has 22 heavy (non-hydrogen) atoms. The van der Waals surface area contributed by atoms with Crippen LogP contribution >= 0.6 is 11.6 Å². The highest BCUT2D eigenvalue weighted by molar-refractivity contribution is 6.34. The molecular weight excluding hydrogens is 323 g/mol. The van der Waals surface area contributed by atoms with E-state index in [2.05, 4.69) is 14.8 Å². The number of nitro benzene ring substituents is 1. The molecule has 0 aliphatic rings. The minimum absolute atomic E-state index is 0.493. The molecule has 0 amide bonds. The number of carbonyl (C=O) groups is 2. The van der Waals surface area contributed by atoms with Crippen LogP contribution in [0.1, 0.15) is 0 Å². The maximum absolute atomic E-state index is 13.5. The molecule has 10 heteroatoms. The summed E-state index contributed by atoms with van der Waals surface area (Å²) in [6.07, 6.45) is 0.691. The van der Waals surface area contributed by atoms with Gasteiger partial charge in [0.25, 0.3) is 5.69 Å². The number of methoxy groups -OCH3 is 2. The van der Waals surface area contributed by atoms with Gasteiger partial charge in [-0.15, -0.1) is 0 Å². The van der Waals surface area contributed by atoms with Crippen molar-refractivity contribution in [3.8, 4) is 0 Å². The Balaban J connectivity index is 3.38. The number of ether oxygens (including phenoxy) is 2. The van der Waals surface area contributed by atoms with Crippen molar-refractivity contribution in [1.82, 2.24) is 0 Å². The Bertz CT molecular complexity index is 661. The van der Waals surface area contributed by atoms with Gasteiger partial charge < -0.3 is 14.8 Å². The quantitative estimate of drug-likeness (QED) is 0.380. The number of hydrogen-bond donors (Lipinski definition) is 1. The van der Waals surface area contributed by atoms with Crippen molar-refractivity contribution in [2.24, 2.45) is 0 Å². The Labute approximate surface area is 128 Å². The van der Waals surface area contributed by atoms with Gasteiger partial charge in [0.2, 0.25) is 0 Å². The highest BCUT2D eigenvalue weighted by atomic mass is 35.5. The highest BCUT2D eigenvalue weighted by Gasteiger charge is 2.23. The fourth-order valence-corrected chi connectivity index (χ4v) is 1.59. The van der Waals surface area contributed by atoms with Crippen LogP contribution in [0.15, 0.2) is 23.9 Å². The van der Waals surface area contributed by atoms with Gasteiger partial charge in [-0.25, -0.2) is 14.0 Å². The molecule has 0 unspecified atom stereocenters. The Hall–Kier alpha value is -2.68. The molecule has 0 saturated carbocycles. The smallest absolute Gasteiger partial charge is 0.354 e. The van der Waals surface area contributed by atoms with Crippen molar-refractivity contribution in [1.29, 1.82) is 0 Å². The molecule has 0 radical (unpaired) electrons. The van der Waals surface area contributed by atoms with Gasteiger partial charge in [-0.05, 0) is 6.07 Å². The van der Waals surface area contributed by atoms with E-state index in [0.717, 1.165) is 26.4 Å². The number of esters is 2. The first kappa shape index (κ1) is 17.4. The van der Waals surface area contributed by atoms with Crippen LogP contribution in [0.2, 0.25) is 5.02 Å². The molecule has 0 atom stereocenters. The highest BCUT2D eigenvalue weighted by Crippen LogP contribution is 2.35. The van der Waals surface area contributed by atoms with Crippen molar-refractivity contribution in [3.05, 3.63) is 44.9 Å². The third-order valence-corrected chi connectivity index (χ3v) is 2.77. The molecule has 1 N–H and O–H groups in total. The molecule has 1 aromatic carbocycles. The molecule has 0 saturated heterocycles. The summed E-state index contributed by atoms with van der Waals surface area (Å²) in [5.74, 6) is -2.90. The summed E-state index contributed by atoms with van der Waals surface area (Å²) in [5, 5.41) is 12.6. The van der Waals surface area contributed by atoms with E-state index in [1.165, 1.54) is 0 Å². The average molecular weight is 333 g/mol. The summed E-state index contributed by atoms with van der Waals surface area (Å²) in [7, 11) is 2.09. The van der Waals surface area contributed by atoms with Crippen LogP contribution in [-0.4, -0.2) is 31.1 Å². The van der Waals surface area contributed by atoms with Crippen LogP contribution in [0.3, 0.4) is 0 Å². The van der Waals surface area contributed by atoms with Gasteiger partial charge in [0.15, 0.2) is 0 Å². The van der Waals surface area contributed by atoms with E-state index in [9.17, 15) is 24.1 Å². The van der Waals surface area contributed by atoms with Gasteiger partial charge >= 0.3 is 11.9 Å². The average Bonchev–Trinajstić information content (AvgIpc) is 2.49. The molecule has 118 valence electrons. The van der Waals surface area contributed by atoms with Crippen LogP contribution in [0, 0.1) is 15.9 Å². The fraction of sp³-hybridized carbons (Fsp3) is 0.167. The number of nitro groups is 1. The van der Waals surface area contributed by atoms with Gasteiger partial charge in [0.05, 0.1) is 25.2 Å². The van der Waals surface area contributed by atoms with Crippen LogP contribution in [0.5, 0.6) is 0 Å². The lowest BCUT2D eigenvalue weighted by molar-refractivity contribution is -0.384. The van der Waals surface area contributed by atoms with E-state index in [4.69, 9.17) is 11.6 Å². The summed E-state index contributed by atoms with van der Waals surface area (Å²) >= 11 is 5.67. The summed E-state index contributed by atoms with van der Waals surface area (Å²) in [6.45, 7) is 0. The molecule has 0 aliphatic carbocycles. The summed E-state index contributed by atoms with van der Waals surface area (Å²) in [6, 6.07) is 1.66. The second kappa shape index (κ2) is 7.36. The van der Waals surface area contributed by atoms with E-state index in [1.807, 2.05) is 0 Å². The molecule has 0 bridgehead atoms. The zero-order valence-corrected chi connectivity index (χ0v) is 12.1. The van der Waals surface area contributed by atoms with Crippen LogP contribution < -0.4 is 5.32 Å². The van der Waals surface area contributed by atoms with E-state index < -0.39 is 44.8 Å². The Kier molecular flexibility index (Phi) is 5.81. The number of nitrogens with one attached hydrogen (secondary N) is 1. The number of halogens is 2. The lowest BCUT2D eigenvalue weighted by Crippen LogP contribution is -2.16. The first-order valence-electron chi connectivity index (χ1n) is 5.59. The number of carbonyl (C=O) groups excluding carboxylic acids is 2. The zero-order chi connectivity index (χ0) is 16.9. The minimum atomic E-state index is -1.03. The second-order valence-electron chi connectivity index (χ2n) is 3.71. The molecule has 1 rings (SSSR count). The second-order valence-corrected chi connectivity index (χ2v) is 4.09. The topological polar surface area (TPSA) is 108 Å². The van der Waals surface area contributed by atoms with Crippen LogP contribution in [0.4, 0.5) is 15.8 Å². The Morgan fingerprint density at radius 2 is 2.00 bits per heavy atom. The monoisotopic (exact) mass is 332 g/mol. The molecular formula is C12H10ClFN2O6. The third kappa shape index (κ3) is 3.92. The molecule has 8 nitrogen and oxygen atoms in total. The minimum Gasteiger partial charge on any atom is -0.466 e. The lowest BCUT2D eigenvalue weighted by Gasteiger charge is -2.11.